The molecule has 1 heteroatoms. The van der Waals surface area contributed by atoms with Gasteiger partial charge in [-0.1, -0.05) is 115 Å². The summed E-state index contributed by atoms with van der Waals surface area (Å²) in [6.45, 7) is 0. The first-order valence-corrected chi connectivity index (χ1v) is 14.2. The normalized spacial score (nSPS) is 11.6. The van der Waals surface area contributed by atoms with Gasteiger partial charge in [-0.3, -0.25) is 0 Å². The van der Waals surface area contributed by atoms with Gasteiger partial charge in [-0.05, 0) is 79.9 Å². The molecule has 1 heterocycles. The Morgan fingerprint density at radius 1 is 0.333 bits per heavy atom. The van der Waals surface area contributed by atoms with Crippen LogP contribution in [0.4, 0.5) is 0 Å². The molecule has 0 aliphatic rings. The fourth-order valence-corrected chi connectivity index (χ4v) is 7.14. The van der Waals surface area contributed by atoms with E-state index in [0.29, 0.717) is 0 Å². The van der Waals surface area contributed by atoms with Gasteiger partial charge in [0.1, 0.15) is 0 Å². The van der Waals surface area contributed by atoms with Crippen LogP contribution in [-0.2, 0) is 0 Å². The van der Waals surface area contributed by atoms with Gasteiger partial charge in [0.15, 0.2) is 0 Å². The Balaban J connectivity index is 1.38. The van der Waals surface area contributed by atoms with E-state index in [4.69, 9.17) is 0 Å². The van der Waals surface area contributed by atoms with Gasteiger partial charge < -0.3 is 0 Å². The second-order valence-electron chi connectivity index (χ2n) is 10.2. The molecule has 0 saturated heterocycles. The molecule has 0 atom stereocenters. The molecule has 182 valence electrons. The molecule has 7 aromatic carbocycles. The Bertz CT molecular complexity index is 2170. The Hall–Kier alpha value is -4.72. The molecule has 8 aromatic rings. The average Bonchev–Trinajstić information content (AvgIpc) is 3.40. The minimum atomic E-state index is 1.23. The molecule has 0 aliphatic carbocycles. The van der Waals surface area contributed by atoms with Crippen molar-refractivity contribution in [3.8, 4) is 33.4 Å². The number of hydrogen-bond donors (Lipinski definition) is 0. The van der Waals surface area contributed by atoms with Crippen molar-refractivity contribution in [3.63, 3.8) is 0 Å². The smallest absolute Gasteiger partial charge is 0.0434 e. The summed E-state index contributed by atoms with van der Waals surface area (Å²) in [5.41, 5.74) is 7.44. The van der Waals surface area contributed by atoms with Crippen molar-refractivity contribution in [2.75, 3.05) is 0 Å². The van der Waals surface area contributed by atoms with Crippen molar-refractivity contribution in [3.05, 3.63) is 146 Å². The molecule has 8 rings (SSSR count). The zero-order valence-corrected chi connectivity index (χ0v) is 22.1. The number of thiophene rings is 1. The van der Waals surface area contributed by atoms with Crippen molar-refractivity contribution in [2.45, 2.75) is 0 Å². The Morgan fingerprint density at radius 2 is 1.00 bits per heavy atom. The molecule has 0 nitrogen and oxygen atoms in total. The van der Waals surface area contributed by atoms with E-state index in [1.807, 2.05) is 11.3 Å². The first-order chi connectivity index (χ1) is 19.3. The van der Waals surface area contributed by atoms with E-state index in [9.17, 15) is 0 Å². The summed E-state index contributed by atoms with van der Waals surface area (Å²) < 4.78 is 2.71. The fourth-order valence-electron chi connectivity index (χ4n) is 5.91. The molecule has 0 unspecified atom stereocenters. The molecular weight excluding hydrogens is 488 g/mol. The van der Waals surface area contributed by atoms with E-state index in [1.165, 1.54) is 75.1 Å². The summed E-state index contributed by atoms with van der Waals surface area (Å²) in [5, 5.41) is 7.83. The predicted molar refractivity (Wildman–Crippen MR) is 171 cm³/mol. The highest BCUT2D eigenvalue weighted by atomic mass is 32.1. The van der Waals surface area contributed by atoms with Gasteiger partial charge in [0.2, 0.25) is 0 Å². The fraction of sp³-hybridized carbons (Fsp3) is 0. The molecule has 0 N–H and O–H groups in total. The maximum absolute atomic E-state index is 2.36. The Kier molecular flexibility index (Phi) is 5.11. The largest absolute Gasteiger partial charge is 0.135 e. The van der Waals surface area contributed by atoms with Crippen molar-refractivity contribution in [2.24, 2.45) is 0 Å². The van der Waals surface area contributed by atoms with Crippen LogP contribution in [0, 0.1) is 0 Å². The van der Waals surface area contributed by atoms with Gasteiger partial charge in [0.05, 0.1) is 0 Å². The van der Waals surface area contributed by atoms with Crippen LogP contribution in [0.2, 0.25) is 0 Å². The highest BCUT2D eigenvalue weighted by Gasteiger charge is 2.13. The summed E-state index contributed by atoms with van der Waals surface area (Å²) >= 11 is 1.90. The summed E-state index contributed by atoms with van der Waals surface area (Å²) in [4.78, 5) is 0. The lowest BCUT2D eigenvalue weighted by atomic mass is 9.90. The first-order valence-electron chi connectivity index (χ1n) is 13.3. The molecule has 0 amide bonds. The van der Waals surface area contributed by atoms with Crippen molar-refractivity contribution < 1.29 is 0 Å². The number of fused-ring (bicyclic) bond motifs is 6. The molecule has 0 radical (unpaired) electrons. The van der Waals surface area contributed by atoms with E-state index in [1.54, 1.807) is 0 Å². The lowest BCUT2D eigenvalue weighted by Gasteiger charge is -2.14. The van der Waals surface area contributed by atoms with Crippen molar-refractivity contribution in [1.82, 2.24) is 0 Å². The molecule has 0 fully saturated rings. The van der Waals surface area contributed by atoms with Crippen LogP contribution in [0.25, 0.3) is 75.1 Å². The molecule has 39 heavy (non-hydrogen) atoms. The minimum Gasteiger partial charge on any atom is -0.135 e. The Labute approximate surface area is 231 Å². The van der Waals surface area contributed by atoms with Crippen LogP contribution < -0.4 is 0 Å². The van der Waals surface area contributed by atoms with Crippen LogP contribution in [0.1, 0.15) is 0 Å². The van der Waals surface area contributed by atoms with Crippen LogP contribution in [0.15, 0.2) is 146 Å². The van der Waals surface area contributed by atoms with Gasteiger partial charge in [-0.25, -0.2) is 0 Å². The van der Waals surface area contributed by atoms with Gasteiger partial charge in [0, 0.05) is 25.6 Å². The lowest BCUT2D eigenvalue weighted by molar-refractivity contribution is 1.59. The Morgan fingerprint density at radius 3 is 1.90 bits per heavy atom. The monoisotopic (exact) mass is 512 g/mol. The number of rotatable bonds is 3. The van der Waals surface area contributed by atoms with Crippen LogP contribution >= 0.6 is 11.3 Å². The van der Waals surface area contributed by atoms with Crippen LogP contribution in [0.5, 0.6) is 0 Å². The third-order valence-corrected chi connectivity index (χ3v) is 9.06. The van der Waals surface area contributed by atoms with E-state index in [-0.39, 0.29) is 0 Å². The second-order valence-corrected chi connectivity index (χ2v) is 11.2. The molecule has 0 bridgehead atoms. The molecule has 0 aliphatic heterocycles. The van der Waals surface area contributed by atoms with Gasteiger partial charge >= 0.3 is 0 Å². The first kappa shape index (κ1) is 22.3. The van der Waals surface area contributed by atoms with E-state index in [0.717, 1.165) is 0 Å². The van der Waals surface area contributed by atoms with E-state index < -0.39 is 0 Å². The third-order valence-electron chi connectivity index (χ3n) is 7.84. The highest BCUT2D eigenvalue weighted by molar-refractivity contribution is 7.26. The molecule has 1 aromatic heterocycles. The summed E-state index contributed by atoms with van der Waals surface area (Å²) in [7, 11) is 0. The topological polar surface area (TPSA) is 0 Å². The minimum absolute atomic E-state index is 1.23. The third kappa shape index (κ3) is 3.74. The zero-order valence-electron chi connectivity index (χ0n) is 21.3. The molecule has 0 saturated carbocycles. The average molecular weight is 513 g/mol. The number of benzene rings is 7. The van der Waals surface area contributed by atoms with Crippen LogP contribution in [-0.4, -0.2) is 0 Å². The standard InChI is InChI=1S/C38H24S/c1-2-9-25(10-3-1)29-22-30(28-18-17-26-11-4-5-12-27(26)21-28)24-31(23-29)32-14-8-15-35-33(32)19-20-36-34-13-6-7-16-37(34)39-38(35)36/h1-24H. The van der Waals surface area contributed by atoms with Crippen molar-refractivity contribution in [1.29, 1.82) is 0 Å². The van der Waals surface area contributed by atoms with Crippen molar-refractivity contribution >= 4 is 53.1 Å². The lowest BCUT2D eigenvalue weighted by Crippen LogP contribution is -1.88. The van der Waals surface area contributed by atoms with E-state index >= 15 is 0 Å². The van der Waals surface area contributed by atoms with Gasteiger partial charge in [-0.15, -0.1) is 11.3 Å². The quantitative estimate of drug-likeness (QED) is 0.221. The van der Waals surface area contributed by atoms with E-state index in [2.05, 4.69) is 146 Å². The van der Waals surface area contributed by atoms with Gasteiger partial charge in [-0.2, -0.15) is 0 Å². The summed E-state index contributed by atoms with van der Waals surface area (Å²) in [6, 6.07) is 53.3. The summed E-state index contributed by atoms with van der Waals surface area (Å²) in [6.07, 6.45) is 0. The zero-order chi connectivity index (χ0) is 25.8. The molecular formula is C38H24S. The second kappa shape index (κ2) is 8.94. The maximum Gasteiger partial charge on any atom is 0.0434 e. The molecule has 0 spiro atoms. The summed E-state index contributed by atoms with van der Waals surface area (Å²) in [5.74, 6) is 0. The SMILES string of the molecule is c1ccc(-c2cc(-c3ccc4ccccc4c3)cc(-c3cccc4c3ccc3c5ccccc5sc43)c2)cc1. The highest BCUT2D eigenvalue weighted by Crippen LogP contribution is 2.42. The van der Waals surface area contributed by atoms with Crippen LogP contribution in [0.3, 0.4) is 0 Å². The maximum atomic E-state index is 2.36. The number of hydrogen-bond acceptors (Lipinski definition) is 1. The predicted octanol–water partition coefficient (Wildman–Crippen LogP) is 11.4. The van der Waals surface area contributed by atoms with Gasteiger partial charge in [0.25, 0.3) is 0 Å².